The lowest BCUT2D eigenvalue weighted by molar-refractivity contribution is -0.139. The quantitative estimate of drug-likeness (QED) is 0.498. The molecular weight excluding hydrogens is 432 g/mol. The van der Waals surface area contributed by atoms with Crippen molar-refractivity contribution in [2.75, 3.05) is 18.6 Å². The number of anilines is 1. The molecule has 2 amide bonds. The molecule has 0 spiro atoms. The molecule has 5 rings (SSSR count). The fourth-order valence-electron chi connectivity index (χ4n) is 5.25. The van der Waals surface area contributed by atoms with E-state index in [0.29, 0.717) is 12.8 Å². The van der Waals surface area contributed by atoms with Gasteiger partial charge < -0.3 is 14.5 Å². The van der Waals surface area contributed by atoms with Crippen LogP contribution in [0.2, 0.25) is 0 Å². The highest BCUT2D eigenvalue weighted by atomic mass is 32.1. The van der Waals surface area contributed by atoms with Crippen LogP contribution in [0.4, 0.5) is 5.69 Å². The van der Waals surface area contributed by atoms with E-state index in [1.807, 2.05) is 59.5 Å². The highest BCUT2D eigenvalue weighted by Crippen LogP contribution is 2.44. The second-order valence-corrected chi connectivity index (χ2v) is 9.65. The standard InChI is InChI=1S/C27H28N2O3S/c1-32-21-13-11-20(12-14-21)29-25(30)16-15-22(26(29)19-7-3-2-4-8-19)27(31)28-17-5-9-23(28)24-10-6-18-33-24/h2-4,6-8,10-14,18,22-23,26H,5,9,15-17H2,1H3/t22-,23-,26-/m0/s1. The average Bonchev–Trinajstić information content (AvgIpc) is 3.56. The molecule has 5 nitrogen and oxygen atoms in total. The van der Waals surface area contributed by atoms with E-state index >= 15 is 0 Å². The van der Waals surface area contributed by atoms with Crippen molar-refractivity contribution < 1.29 is 14.3 Å². The number of rotatable bonds is 5. The van der Waals surface area contributed by atoms with Crippen molar-refractivity contribution >= 4 is 28.8 Å². The first-order valence-electron chi connectivity index (χ1n) is 11.5. The first kappa shape index (κ1) is 21.7. The highest BCUT2D eigenvalue weighted by Gasteiger charge is 2.45. The number of nitrogens with zero attached hydrogens (tertiary/aromatic N) is 2. The minimum Gasteiger partial charge on any atom is -0.497 e. The zero-order valence-electron chi connectivity index (χ0n) is 18.7. The number of likely N-dealkylation sites (tertiary alicyclic amines) is 1. The van der Waals surface area contributed by atoms with Crippen LogP contribution >= 0.6 is 11.3 Å². The van der Waals surface area contributed by atoms with Crippen LogP contribution in [0.3, 0.4) is 0 Å². The summed E-state index contributed by atoms with van der Waals surface area (Å²) in [6.45, 7) is 0.774. The van der Waals surface area contributed by atoms with E-state index < -0.39 is 0 Å². The summed E-state index contributed by atoms with van der Waals surface area (Å²) in [6.07, 6.45) is 2.94. The Bertz CT molecular complexity index is 1100. The summed E-state index contributed by atoms with van der Waals surface area (Å²) in [5.41, 5.74) is 1.79. The molecule has 3 aromatic rings. The summed E-state index contributed by atoms with van der Waals surface area (Å²) in [5.74, 6) is 0.663. The lowest BCUT2D eigenvalue weighted by Crippen LogP contribution is -2.49. The van der Waals surface area contributed by atoms with Crippen molar-refractivity contribution in [1.82, 2.24) is 4.90 Å². The molecule has 0 bridgehead atoms. The monoisotopic (exact) mass is 460 g/mol. The van der Waals surface area contributed by atoms with E-state index in [1.54, 1.807) is 18.4 Å². The van der Waals surface area contributed by atoms with Gasteiger partial charge in [-0.25, -0.2) is 0 Å². The van der Waals surface area contributed by atoms with E-state index in [2.05, 4.69) is 22.4 Å². The van der Waals surface area contributed by atoms with Crippen LogP contribution in [0.5, 0.6) is 5.75 Å². The SMILES string of the molecule is COc1ccc(N2C(=O)CC[C@H](C(=O)N3CCC[C@H]3c3cccs3)[C@@H]2c2ccccc2)cc1. The smallest absolute Gasteiger partial charge is 0.228 e. The van der Waals surface area contributed by atoms with Crippen molar-refractivity contribution in [3.05, 3.63) is 82.6 Å². The Morgan fingerprint density at radius 1 is 1.00 bits per heavy atom. The van der Waals surface area contributed by atoms with E-state index in [0.717, 1.165) is 36.4 Å². The van der Waals surface area contributed by atoms with Gasteiger partial charge in [0.25, 0.3) is 0 Å². The minimum atomic E-state index is -0.335. The fraction of sp³-hybridized carbons (Fsp3) is 0.333. The molecule has 0 aliphatic carbocycles. The van der Waals surface area contributed by atoms with Gasteiger partial charge in [-0.15, -0.1) is 11.3 Å². The molecule has 1 aromatic heterocycles. The summed E-state index contributed by atoms with van der Waals surface area (Å²) in [7, 11) is 1.63. The third-order valence-electron chi connectivity index (χ3n) is 6.81. The number of carbonyl (C=O) groups is 2. The highest BCUT2D eigenvalue weighted by molar-refractivity contribution is 7.10. The van der Waals surface area contributed by atoms with Crippen LogP contribution in [0.15, 0.2) is 72.1 Å². The number of thiophene rings is 1. The summed E-state index contributed by atoms with van der Waals surface area (Å²) < 4.78 is 5.31. The van der Waals surface area contributed by atoms with E-state index in [9.17, 15) is 9.59 Å². The van der Waals surface area contributed by atoms with Gasteiger partial charge in [0.15, 0.2) is 0 Å². The molecule has 2 aromatic carbocycles. The van der Waals surface area contributed by atoms with E-state index in [-0.39, 0.29) is 29.8 Å². The van der Waals surface area contributed by atoms with Crippen molar-refractivity contribution in [2.45, 2.75) is 37.8 Å². The summed E-state index contributed by atoms with van der Waals surface area (Å²) in [5, 5.41) is 2.08. The zero-order valence-corrected chi connectivity index (χ0v) is 19.5. The van der Waals surface area contributed by atoms with Crippen LogP contribution in [0.25, 0.3) is 0 Å². The molecule has 3 heterocycles. The Kier molecular flexibility index (Phi) is 6.18. The number of piperidine rings is 1. The molecule has 6 heteroatoms. The number of hydrogen-bond acceptors (Lipinski definition) is 4. The molecule has 33 heavy (non-hydrogen) atoms. The molecule has 2 saturated heterocycles. The molecule has 0 unspecified atom stereocenters. The average molecular weight is 461 g/mol. The molecule has 2 aliphatic rings. The first-order valence-corrected chi connectivity index (χ1v) is 12.4. The van der Waals surface area contributed by atoms with Crippen LogP contribution in [0, 0.1) is 5.92 Å². The third-order valence-corrected chi connectivity index (χ3v) is 7.79. The molecule has 2 fully saturated rings. The number of carbonyl (C=O) groups excluding carboxylic acids is 2. The summed E-state index contributed by atoms with van der Waals surface area (Å²) in [4.78, 5) is 32.4. The van der Waals surface area contributed by atoms with Gasteiger partial charge in [-0.3, -0.25) is 9.59 Å². The lowest BCUT2D eigenvalue weighted by atomic mass is 9.82. The zero-order chi connectivity index (χ0) is 22.8. The topological polar surface area (TPSA) is 49.9 Å². The second-order valence-electron chi connectivity index (χ2n) is 8.67. The van der Waals surface area contributed by atoms with Crippen LogP contribution < -0.4 is 9.64 Å². The maximum atomic E-state index is 14.0. The van der Waals surface area contributed by atoms with Gasteiger partial charge in [0.05, 0.1) is 25.1 Å². The largest absolute Gasteiger partial charge is 0.497 e. The number of methoxy groups -OCH3 is 1. The van der Waals surface area contributed by atoms with E-state index in [1.165, 1.54) is 4.88 Å². The van der Waals surface area contributed by atoms with Gasteiger partial charge in [-0.05, 0) is 60.5 Å². The predicted molar refractivity (Wildman–Crippen MR) is 130 cm³/mol. The summed E-state index contributed by atoms with van der Waals surface area (Å²) >= 11 is 1.72. The first-order chi connectivity index (χ1) is 16.2. The molecule has 3 atom stereocenters. The molecule has 0 N–H and O–H groups in total. The Morgan fingerprint density at radius 3 is 2.48 bits per heavy atom. The van der Waals surface area contributed by atoms with Crippen LogP contribution in [-0.4, -0.2) is 30.4 Å². The number of benzene rings is 2. The van der Waals surface area contributed by atoms with E-state index in [4.69, 9.17) is 4.74 Å². The summed E-state index contributed by atoms with van der Waals surface area (Å²) in [6, 6.07) is 21.5. The van der Waals surface area contributed by atoms with Gasteiger partial charge >= 0.3 is 0 Å². The van der Waals surface area contributed by atoms with Crippen molar-refractivity contribution in [3.63, 3.8) is 0 Å². The van der Waals surface area contributed by atoms with Crippen LogP contribution in [0.1, 0.15) is 48.2 Å². The normalized spacial score (nSPS) is 23.1. The van der Waals surface area contributed by atoms with Gasteiger partial charge in [-0.2, -0.15) is 0 Å². The third kappa shape index (κ3) is 4.15. The molecule has 0 saturated carbocycles. The molecular formula is C27H28N2O3S. The number of hydrogen-bond donors (Lipinski definition) is 0. The lowest BCUT2D eigenvalue weighted by Gasteiger charge is -2.42. The predicted octanol–water partition coefficient (Wildman–Crippen LogP) is 5.60. The number of ether oxygens (including phenoxy) is 1. The Morgan fingerprint density at radius 2 is 1.79 bits per heavy atom. The van der Waals surface area contributed by atoms with Crippen molar-refractivity contribution in [2.24, 2.45) is 5.92 Å². The van der Waals surface area contributed by atoms with Crippen molar-refractivity contribution in [3.8, 4) is 5.75 Å². The maximum absolute atomic E-state index is 14.0. The van der Waals surface area contributed by atoms with Crippen LogP contribution in [-0.2, 0) is 9.59 Å². The fourth-order valence-corrected chi connectivity index (χ4v) is 6.12. The van der Waals surface area contributed by atoms with Gasteiger partial charge in [0.2, 0.25) is 11.8 Å². The molecule has 2 aliphatic heterocycles. The Hall–Kier alpha value is -3.12. The van der Waals surface area contributed by atoms with Gasteiger partial charge in [0, 0.05) is 23.5 Å². The maximum Gasteiger partial charge on any atom is 0.228 e. The minimum absolute atomic E-state index is 0.0503. The second kappa shape index (κ2) is 9.40. The Balaban J connectivity index is 1.53. The van der Waals surface area contributed by atoms with Gasteiger partial charge in [0.1, 0.15) is 5.75 Å². The Labute approximate surface area is 198 Å². The van der Waals surface area contributed by atoms with Crippen molar-refractivity contribution in [1.29, 1.82) is 0 Å². The molecule has 170 valence electrons. The van der Waals surface area contributed by atoms with Gasteiger partial charge in [-0.1, -0.05) is 36.4 Å². The number of amides is 2. The molecule has 0 radical (unpaired) electrons.